The van der Waals surface area contributed by atoms with Gasteiger partial charge in [-0.2, -0.15) is 8.42 Å². The fourth-order valence-electron chi connectivity index (χ4n) is 4.68. The lowest BCUT2D eigenvalue weighted by molar-refractivity contribution is 0.0784. The number of benzene rings is 4. The Morgan fingerprint density at radius 3 is 2.21 bits per heavy atom. The lowest BCUT2D eigenvalue weighted by atomic mass is 10.0. The van der Waals surface area contributed by atoms with Gasteiger partial charge in [-0.25, -0.2) is 4.39 Å². The number of aliphatic hydroxyl groups excluding tert-OH is 1. The van der Waals surface area contributed by atoms with E-state index in [1.54, 1.807) is 24.3 Å². The Hall–Kier alpha value is -3.78. The maximum absolute atomic E-state index is 14.3. The predicted octanol–water partition coefficient (Wildman–Crippen LogP) is 6.42. The predicted molar refractivity (Wildman–Crippen MR) is 147 cm³/mol. The Kier molecular flexibility index (Phi) is 7.17. The van der Waals surface area contributed by atoms with Crippen LogP contribution >= 0.6 is 0 Å². The van der Waals surface area contributed by atoms with E-state index in [-0.39, 0.29) is 4.90 Å². The van der Waals surface area contributed by atoms with E-state index in [1.165, 1.54) is 24.3 Å². The van der Waals surface area contributed by atoms with Crippen molar-refractivity contribution in [1.29, 1.82) is 0 Å². The molecule has 2 atom stereocenters. The topological polar surface area (TPSA) is 68.5 Å². The summed E-state index contributed by atoms with van der Waals surface area (Å²) in [5, 5.41) is 12.4. The summed E-state index contributed by atoms with van der Waals surface area (Å²) in [6.45, 7) is 3.37. The van der Waals surface area contributed by atoms with Gasteiger partial charge in [0, 0.05) is 22.7 Å². The number of halogens is 1. The van der Waals surface area contributed by atoms with Crippen LogP contribution in [0.3, 0.4) is 0 Å². The standard InChI is InChI=1S/C31H28FNO4S/c1-21-10-14-23(15-11-21)28-19-33(29-9-4-3-8-27(28)29)31(24-6-5-7-25(32)18-24)30(34)20-37-38(35,36)26-16-12-22(2)13-17-26/h3-19,30-31,34H,20H2,1-2H3. The molecular weight excluding hydrogens is 501 g/mol. The number of aliphatic hydroxyl groups is 1. The van der Waals surface area contributed by atoms with Gasteiger partial charge in [0.1, 0.15) is 11.9 Å². The molecule has 0 saturated heterocycles. The molecule has 4 aromatic carbocycles. The third-order valence-corrected chi connectivity index (χ3v) is 7.96. The van der Waals surface area contributed by atoms with Crippen LogP contribution in [0.15, 0.2) is 108 Å². The number of para-hydroxylation sites is 1. The quantitative estimate of drug-likeness (QED) is 0.236. The van der Waals surface area contributed by atoms with Crippen molar-refractivity contribution in [2.24, 2.45) is 0 Å². The summed E-state index contributed by atoms with van der Waals surface area (Å²) in [5.74, 6) is -0.455. The van der Waals surface area contributed by atoms with Crippen molar-refractivity contribution in [1.82, 2.24) is 4.57 Å². The second-order valence-corrected chi connectivity index (χ2v) is 11.1. The van der Waals surface area contributed by atoms with Gasteiger partial charge >= 0.3 is 0 Å². The van der Waals surface area contributed by atoms with Gasteiger partial charge in [-0.1, -0.05) is 77.9 Å². The molecule has 0 spiro atoms. The molecule has 5 nitrogen and oxygen atoms in total. The van der Waals surface area contributed by atoms with Gasteiger partial charge in [0.2, 0.25) is 0 Å². The van der Waals surface area contributed by atoms with Crippen molar-refractivity contribution < 1.29 is 22.1 Å². The van der Waals surface area contributed by atoms with Crippen LogP contribution in [0.5, 0.6) is 0 Å². The van der Waals surface area contributed by atoms with E-state index < -0.39 is 34.7 Å². The molecule has 0 aliphatic carbocycles. The molecule has 2 unspecified atom stereocenters. The summed E-state index contributed by atoms with van der Waals surface area (Å²) in [6, 6.07) is 27.3. The van der Waals surface area contributed by atoms with Crippen LogP contribution in [0, 0.1) is 19.7 Å². The molecule has 7 heteroatoms. The Morgan fingerprint density at radius 2 is 1.53 bits per heavy atom. The van der Waals surface area contributed by atoms with Gasteiger partial charge in [0.25, 0.3) is 10.1 Å². The smallest absolute Gasteiger partial charge is 0.297 e. The third kappa shape index (κ3) is 5.27. The van der Waals surface area contributed by atoms with Crippen LogP contribution in [-0.2, 0) is 14.3 Å². The van der Waals surface area contributed by atoms with Crippen LogP contribution in [0.25, 0.3) is 22.0 Å². The summed E-state index contributed by atoms with van der Waals surface area (Å²) in [5.41, 5.74) is 5.30. The van der Waals surface area contributed by atoms with E-state index in [1.807, 2.05) is 73.1 Å². The van der Waals surface area contributed by atoms with E-state index >= 15 is 0 Å². The average molecular weight is 530 g/mol. The number of aromatic nitrogens is 1. The van der Waals surface area contributed by atoms with E-state index in [2.05, 4.69) is 0 Å². The number of hydrogen-bond acceptors (Lipinski definition) is 4. The highest BCUT2D eigenvalue weighted by atomic mass is 32.2. The highest BCUT2D eigenvalue weighted by molar-refractivity contribution is 7.86. The minimum Gasteiger partial charge on any atom is -0.388 e. The zero-order chi connectivity index (χ0) is 26.9. The average Bonchev–Trinajstić information content (AvgIpc) is 3.28. The minimum absolute atomic E-state index is 0.00526. The summed E-state index contributed by atoms with van der Waals surface area (Å²) in [7, 11) is -4.11. The maximum Gasteiger partial charge on any atom is 0.297 e. The Morgan fingerprint density at radius 1 is 0.868 bits per heavy atom. The first kappa shape index (κ1) is 25.9. The second kappa shape index (κ2) is 10.5. The normalized spacial score (nSPS) is 13.5. The maximum atomic E-state index is 14.3. The molecule has 0 bridgehead atoms. The summed E-state index contributed by atoms with van der Waals surface area (Å²) < 4.78 is 47.2. The van der Waals surface area contributed by atoms with E-state index in [0.29, 0.717) is 5.56 Å². The van der Waals surface area contributed by atoms with Gasteiger partial charge in [-0.3, -0.25) is 4.18 Å². The fraction of sp³-hybridized carbons (Fsp3) is 0.161. The molecule has 194 valence electrons. The van der Waals surface area contributed by atoms with Crippen LogP contribution < -0.4 is 0 Å². The van der Waals surface area contributed by atoms with Crippen LogP contribution in [0.1, 0.15) is 22.7 Å². The number of fused-ring (bicyclic) bond motifs is 1. The van der Waals surface area contributed by atoms with Gasteiger partial charge in [-0.05, 0) is 55.3 Å². The Labute approximate surface area is 221 Å². The van der Waals surface area contributed by atoms with Crippen molar-refractivity contribution in [2.45, 2.75) is 30.9 Å². The molecule has 0 saturated carbocycles. The fourth-order valence-corrected chi connectivity index (χ4v) is 5.60. The summed E-state index contributed by atoms with van der Waals surface area (Å²) >= 11 is 0. The molecule has 1 aromatic heterocycles. The number of aryl methyl sites for hydroxylation is 2. The van der Waals surface area contributed by atoms with Gasteiger partial charge in [0.05, 0.1) is 17.5 Å². The van der Waals surface area contributed by atoms with Crippen molar-refractivity contribution in [3.8, 4) is 11.1 Å². The molecule has 5 aromatic rings. The molecule has 1 N–H and O–H groups in total. The van der Waals surface area contributed by atoms with Crippen molar-refractivity contribution in [2.75, 3.05) is 6.61 Å². The Balaban J connectivity index is 1.57. The van der Waals surface area contributed by atoms with Gasteiger partial charge in [-0.15, -0.1) is 0 Å². The van der Waals surface area contributed by atoms with Crippen molar-refractivity contribution in [3.63, 3.8) is 0 Å². The first-order valence-corrected chi connectivity index (χ1v) is 13.7. The van der Waals surface area contributed by atoms with Gasteiger partial charge < -0.3 is 9.67 Å². The lowest BCUT2D eigenvalue weighted by Gasteiger charge is -2.26. The molecule has 1 heterocycles. The second-order valence-electron chi connectivity index (χ2n) is 9.45. The van der Waals surface area contributed by atoms with Crippen molar-refractivity contribution >= 4 is 21.0 Å². The van der Waals surface area contributed by atoms with Crippen LogP contribution in [0.2, 0.25) is 0 Å². The molecule has 0 amide bonds. The number of rotatable bonds is 8. The zero-order valence-electron chi connectivity index (χ0n) is 21.1. The first-order valence-electron chi connectivity index (χ1n) is 12.3. The van der Waals surface area contributed by atoms with Crippen LogP contribution in [-0.4, -0.2) is 30.8 Å². The lowest BCUT2D eigenvalue weighted by Crippen LogP contribution is -2.30. The Bertz CT molecular complexity index is 1680. The zero-order valence-corrected chi connectivity index (χ0v) is 21.9. The summed E-state index contributed by atoms with van der Waals surface area (Å²) in [4.78, 5) is 0.00526. The molecule has 0 radical (unpaired) electrons. The first-order chi connectivity index (χ1) is 18.2. The van der Waals surface area contributed by atoms with Crippen LogP contribution in [0.4, 0.5) is 4.39 Å². The minimum atomic E-state index is -4.11. The monoisotopic (exact) mass is 529 g/mol. The molecular formula is C31H28FNO4S. The molecule has 5 rings (SSSR count). The number of hydrogen-bond donors (Lipinski definition) is 1. The largest absolute Gasteiger partial charge is 0.388 e. The highest BCUT2D eigenvalue weighted by Crippen LogP contribution is 2.36. The number of nitrogens with zero attached hydrogens (tertiary/aromatic N) is 1. The van der Waals surface area contributed by atoms with Crippen molar-refractivity contribution in [3.05, 3.63) is 126 Å². The molecule has 38 heavy (non-hydrogen) atoms. The SMILES string of the molecule is Cc1ccc(-c2cn(C(c3cccc(F)c3)C(O)COS(=O)(=O)c3ccc(C)cc3)c3ccccc23)cc1. The van der Waals surface area contributed by atoms with E-state index in [4.69, 9.17) is 4.18 Å². The molecule has 0 fully saturated rings. The van der Waals surface area contributed by atoms with Gasteiger partial charge in [0.15, 0.2) is 0 Å². The van der Waals surface area contributed by atoms with E-state index in [9.17, 15) is 17.9 Å². The van der Waals surface area contributed by atoms with E-state index in [0.717, 1.165) is 33.2 Å². The highest BCUT2D eigenvalue weighted by Gasteiger charge is 2.28. The molecule has 0 aliphatic rings. The molecule has 0 aliphatic heterocycles. The summed E-state index contributed by atoms with van der Waals surface area (Å²) in [6.07, 6.45) is 0.612. The third-order valence-electron chi connectivity index (χ3n) is 6.66.